The van der Waals surface area contributed by atoms with Crippen LogP contribution in [-0.2, 0) is 17.9 Å². The van der Waals surface area contributed by atoms with E-state index in [1.165, 1.54) is 0 Å². The molecule has 3 rings (SSSR count). The minimum Gasteiger partial charge on any atom is -0.359 e. The van der Waals surface area contributed by atoms with E-state index in [9.17, 15) is 4.79 Å². The first-order valence-electron chi connectivity index (χ1n) is 8.58. The molecule has 0 saturated heterocycles. The van der Waals surface area contributed by atoms with Crippen molar-refractivity contribution in [3.63, 3.8) is 0 Å². The van der Waals surface area contributed by atoms with Crippen molar-refractivity contribution < 1.29 is 9.32 Å². The maximum absolute atomic E-state index is 12.6. The number of carbonyl (C=O) groups excluding carboxylic acids is 1. The van der Waals surface area contributed by atoms with Crippen LogP contribution in [0.1, 0.15) is 24.3 Å². The number of aryl methyl sites for hydroxylation is 2. The molecule has 7 nitrogen and oxygen atoms in total. The second-order valence-corrected chi connectivity index (χ2v) is 6.53. The van der Waals surface area contributed by atoms with E-state index in [4.69, 9.17) is 4.52 Å². The zero-order valence-corrected chi connectivity index (χ0v) is 15.5. The van der Waals surface area contributed by atoms with Crippen LogP contribution in [0.4, 0.5) is 0 Å². The van der Waals surface area contributed by atoms with E-state index in [-0.39, 0.29) is 11.8 Å². The molecule has 2 aromatic heterocycles. The van der Waals surface area contributed by atoms with Crippen molar-refractivity contribution in [3.05, 3.63) is 53.8 Å². The van der Waals surface area contributed by atoms with E-state index in [1.54, 1.807) is 16.6 Å². The molecule has 1 atom stereocenters. The van der Waals surface area contributed by atoms with Gasteiger partial charge in [-0.05, 0) is 13.8 Å². The maximum atomic E-state index is 12.6. The Kier molecular flexibility index (Phi) is 5.16. The van der Waals surface area contributed by atoms with Crippen molar-refractivity contribution in [2.45, 2.75) is 33.9 Å². The van der Waals surface area contributed by atoms with Crippen LogP contribution in [0.3, 0.4) is 0 Å². The monoisotopic (exact) mass is 353 g/mol. The zero-order chi connectivity index (χ0) is 18.7. The summed E-state index contributed by atoms with van der Waals surface area (Å²) < 4.78 is 7.16. The van der Waals surface area contributed by atoms with Gasteiger partial charge in [0.15, 0.2) is 5.76 Å². The van der Waals surface area contributed by atoms with Crippen LogP contribution in [0.5, 0.6) is 0 Å². The predicted molar refractivity (Wildman–Crippen MR) is 97.1 cm³/mol. The summed E-state index contributed by atoms with van der Waals surface area (Å²) in [6, 6.07) is 11.7. The molecule has 0 N–H and O–H groups in total. The zero-order valence-electron chi connectivity index (χ0n) is 15.5. The fourth-order valence-corrected chi connectivity index (χ4v) is 2.89. The fraction of sp³-hybridized carbons (Fsp3) is 0.368. The Morgan fingerprint density at radius 3 is 2.65 bits per heavy atom. The van der Waals surface area contributed by atoms with Crippen LogP contribution < -0.4 is 0 Å². The maximum Gasteiger partial charge on any atom is 0.227 e. The first-order chi connectivity index (χ1) is 12.4. The van der Waals surface area contributed by atoms with Gasteiger partial charge in [-0.3, -0.25) is 4.79 Å². The number of rotatable bonds is 6. The van der Waals surface area contributed by atoms with Gasteiger partial charge >= 0.3 is 0 Å². The van der Waals surface area contributed by atoms with Gasteiger partial charge in [0.05, 0.1) is 19.0 Å². The van der Waals surface area contributed by atoms with Gasteiger partial charge in [0, 0.05) is 18.7 Å². The molecule has 0 spiro atoms. The lowest BCUT2D eigenvalue weighted by Gasteiger charge is -2.20. The summed E-state index contributed by atoms with van der Waals surface area (Å²) in [6.07, 6.45) is 0. The highest BCUT2D eigenvalue weighted by Crippen LogP contribution is 2.19. The Hall–Kier alpha value is -2.96. The van der Waals surface area contributed by atoms with Gasteiger partial charge in [0.25, 0.3) is 0 Å². The standard InChI is InChI=1S/C19H23N5O2/c1-13(11-24-15(3)20-14(2)21-24)19(25)23(4)12-17-10-18(22-26-17)16-8-6-5-7-9-16/h5-10,13H,11-12H2,1-4H3. The minimum atomic E-state index is -0.212. The molecular formula is C19H23N5O2. The number of aromatic nitrogens is 4. The molecule has 26 heavy (non-hydrogen) atoms. The Morgan fingerprint density at radius 1 is 1.27 bits per heavy atom. The van der Waals surface area contributed by atoms with Crippen LogP contribution in [-0.4, -0.2) is 37.8 Å². The first-order valence-corrected chi connectivity index (χ1v) is 8.58. The summed E-state index contributed by atoms with van der Waals surface area (Å²) in [5.74, 6) is 1.99. The Bertz CT molecular complexity index is 884. The van der Waals surface area contributed by atoms with Crippen LogP contribution in [0.25, 0.3) is 11.3 Å². The molecule has 0 aliphatic rings. The summed E-state index contributed by atoms with van der Waals surface area (Å²) in [7, 11) is 1.77. The first kappa shape index (κ1) is 17.8. The Labute approximate surface area is 152 Å². The Balaban J connectivity index is 1.62. The molecule has 7 heteroatoms. The highest BCUT2D eigenvalue weighted by Gasteiger charge is 2.21. The van der Waals surface area contributed by atoms with Crippen molar-refractivity contribution in [2.24, 2.45) is 5.92 Å². The molecule has 0 saturated carbocycles. The number of nitrogens with zero attached hydrogens (tertiary/aromatic N) is 5. The summed E-state index contributed by atoms with van der Waals surface area (Å²) in [6.45, 7) is 6.50. The SMILES string of the molecule is Cc1nc(C)n(CC(C)C(=O)N(C)Cc2cc(-c3ccccc3)no2)n1. The van der Waals surface area contributed by atoms with Crippen LogP contribution in [0.15, 0.2) is 40.9 Å². The molecule has 136 valence electrons. The third-order valence-corrected chi connectivity index (χ3v) is 4.23. The molecule has 1 aromatic carbocycles. The van der Waals surface area contributed by atoms with E-state index in [1.807, 2.05) is 57.2 Å². The number of carbonyl (C=O) groups is 1. The molecule has 3 aromatic rings. The van der Waals surface area contributed by atoms with Gasteiger partial charge in [-0.1, -0.05) is 42.4 Å². The summed E-state index contributed by atoms with van der Waals surface area (Å²) in [5.41, 5.74) is 1.75. The number of amides is 1. The lowest BCUT2D eigenvalue weighted by molar-refractivity contribution is -0.135. The molecule has 0 bridgehead atoms. The van der Waals surface area contributed by atoms with Crippen LogP contribution in [0.2, 0.25) is 0 Å². The normalized spacial score (nSPS) is 12.2. The van der Waals surface area contributed by atoms with E-state index in [0.29, 0.717) is 24.7 Å². The van der Waals surface area contributed by atoms with E-state index in [2.05, 4.69) is 15.2 Å². The summed E-state index contributed by atoms with van der Waals surface area (Å²) in [4.78, 5) is 18.6. The van der Waals surface area contributed by atoms with Crippen LogP contribution >= 0.6 is 0 Å². The van der Waals surface area contributed by atoms with Crippen molar-refractivity contribution in [1.29, 1.82) is 0 Å². The molecule has 0 fully saturated rings. The lowest BCUT2D eigenvalue weighted by atomic mass is 10.1. The smallest absolute Gasteiger partial charge is 0.227 e. The summed E-state index contributed by atoms with van der Waals surface area (Å²) >= 11 is 0. The molecule has 0 radical (unpaired) electrons. The van der Waals surface area contributed by atoms with Crippen LogP contribution in [0, 0.1) is 19.8 Å². The second kappa shape index (κ2) is 7.51. The van der Waals surface area contributed by atoms with Crippen molar-refractivity contribution in [1.82, 2.24) is 24.8 Å². The number of hydrogen-bond acceptors (Lipinski definition) is 5. The van der Waals surface area contributed by atoms with Crippen molar-refractivity contribution in [3.8, 4) is 11.3 Å². The van der Waals surface area contributed by atoms with Gasteiger partial charge in [-0.2, -0.15) is 5.10 Å². The quantitative estimate of drug-likeness (QED) is 0.681. The van der Waals surface area contributed by atoms with Gasteiger partial charge in [0.1, 0.15) is 17.3 Å². The molecule has 2 heterocycles. The average molecular weight is 353 g/mol. The Morgan fingerprint density at radius 2 is 2.00 bits per heavy atom. The van der Waals surface area contributed by atoms with E-state index in [0.717, 1.165) is 17.1 Å². The van der Waals surface area contributed by atoms with E-state index < -0.39 is 0 Å². The molecule has 0 aliphatic heterocycles. The van der Waals surface area contributed by atoms with Gasteiger partial charge < -0.3 is 9.42 Å². The molecule has 0 aliphatic carbocycles. The number of hydrogen-bond donors (Lipinski definition) is 0. The average Bonchev–Trinajstić information content (AvgIpc) is 3.21. The third-order valence-electron chi connectivity index (χ3n) is 4.23. The topological polar surface area (TPSA) is 77.0 Å². The third kappa shape index (κ3) is 3.99. The van der Waals surface area contributed by atoms with Crippen molar-refractivity contribution in [2.75, 3.05) is 7.05 Å². The largest absolute Gasteiger partial charge is 0.359 e. The van der Waals surface area contributed by atoms with Gasteiger partial charge in [-0.25, -0.2) is 9.67 Å². The molecule has 1 unspecified atom stereocenters. The lowest BCUT2D eigenvalue weighted by Crippen LogP contribution is -2.33. The highest BCUT2D eigenvalue weighted by molar-refractivity contribution is 5.78. The summed E-state index contributed by atoms with van der Waals surface area (Å²) in [5, 5.41) is 8.41. The highest BCUT2D eigenvalue weighted by atomic mass is 16.5. The predicted octanol–water partition coefficient (Wildman–Crippen LogP) is 2.84. The second-order valence-electron chi connectivity index (χ2n) is 6.53. The van der Waals surface area contributed by atoms with Crippen molar-refractivity contribution >= 4 is 5.91 Å². The molecule has 1 amide bonds. The fourth-order valence-electron chi connectivity index (χ4n) is 2.89. The van der Waals surface area contributed by atoms with E-state index >= 15 is 0 Å². The van der Waals surface area contributed by atoms with Gasteiger partial charge in [0.2, 0.25) is 5.91 Å². The van der Waals surface area contributed by atoms with Gasteiger partial charge in [-0.15, -0.1) is 0 Å². The minimum absolute atomic E-state index is 0.0233. The molecular weight excluding hydrogens is 330 g/mol. The number of benzene rings is 1.